The van der Waals surface area contributed by atoms with Gasteiger partial charge in [-0.3, -0.25) is 9.78 Å². The molecule has 2 aliphatic heterocycles. The van der Waals surface area contributed by atoms with Crippen molar-refractivity contribution in [1.29, 1.82) is 0 Å². The Morgan fingerprint density at radius 1 is 0.972 bits per heavy atom. The van der Waals surface area contributed by atoms with Crippen LogP contribution >= 0.6 is 43.5 Å². The van der Waals surface area contributed by atoms with Gasteiger partial charge in [-0.05, 0) is 102 Å². The number of aromatic nitrogens is 1. The lowest BCUT2D eigenvalue weighted by atomic mass is 9.76. The monoisotopic (exact) mass is 636 g/mol. The van der Waals surface area contributed by atoms with Gasteiger partial charge in [-0.1, -0.05) is 27.5 Å². The minimum absolute atomic E-state index is 0.00417. The molecule has 1 N–H and O–H groups in total. The molecule has 2 aromatic rings. The lowest BCUT2D eigenvalue weighted by Gasteiger charge is -2.37. The first-order valence-corrected chi connectivity index (χ1v) is 14.8. The number of fused-ring (bicyclic) bond motifs is 2. The van der Waals surface area contributed by atoms with E-state index in [2.05, 4.69) is 49.3 Å². The third kappa shape index (κ3) is 5.60. The van der Waals surface area contributed by atoms with Crippen LogP contribution in [0.3, 0.4) is 0 Å². The fourth-order valence-corrected chi connectivity index (χ4v) is 7.48. The summed E-state index contributed by atoms with van der Waals surface area (Å²) in [5, 5.41) is 3.58. The molecule has 3 aliphatic rings. The van der Waals surface area contributed by atoms with E-state index in [9.17, 15) is 9.59 Å². The number of benzene rings is 1. The lowest BCUT2D eigenvalue weighted by molar-refractivity contribution is -0.131. The Balaban J connectivity index is 1.29. The van der Waals surface area contributed by atoms with Crippen LogP contribution < -0.4 is 5.32 Å². The molecule has 2 fully saturated rings. The third-order valence-electron chi connectivity index (χ3n) is 7.82. The largest absolute Gasteiger partial charge is 0.341 e. The maximum atomic E-state index is 12.9. The number of hydrogen-bond acceptors (Lipinski definition) is 3. The molecule has 1 aliphatic carbocycles. The number of amides is 3. The number of carbonyl (C=O) groups excluding carboxylic acids is 2. The summed E-state index contributed by atoms with van der Waals surface area (Å²) in [5.41, 5.74) is 4.96. The van der Waals surface area contributed by atoms with Gasteiger partial charge in [0.15, 0.2) is 0 Å². The zero-order valence-corrected chi connectivity index (χ0v) is 24.2. The van der Waals surface area contributed by atoms with E-state index in [-0.39, 0.29) is 24.4 Å². The quantitative estimate of drug-likeness (QED) is 0.454. The van der Waals surface area contributed by atoms with Crippen LogP contribution in [0, 0.1) is 5.92 Å². The number of halogens is 3. The molecule has 0 saturated carbocycles. The van der Waals surface area contributed by atoms with Gasteiger partial charge in [0.05, 0.1) is 12.2 Å². The maximum absolute atomic E-state index is 12.9. The van der Waals surface area contributed by atoms with Crippen LogP contribution in [-0.2, 0) is 17.6 Å². The Hall–Kier alpha value is -1.64. The highest BCUT2D eigenvalue weighted by atomic mass is 79.9. The Kier molecular flexibility index (Phi) is 8.23. The maximum Gasteiger partial charge on any atom is 0.317 e. The number of likely N-dealkylation sites (tertiary alicyclic amines) is 2. The van der Waals surface area contributed by atoms with Crippen molar-refractivity contribution in [1.82, 2.24) is 20.1 Å². The van der Waals surface area contributed by atoms with Crippen molar-refractivity contribution in [3.8, 4) is 0 Å². The molecule has 0 radical (unpaired) electrons. The summed E-state index contributed by atoms with van der Waals surface area (Å²) in [6.45, 7) is 3.00. The second-order valence-corrected chi connectivity index (χ2v) is 12.3. The molecule has 2 saturated heterocycles. The summed E-state index contributed by atoms with van der Waals surface area (Å²) >= 11 is 13.8. The molecule has 5 rings (SSSR count). The molecule has 1 aromatic carbocycles. The SMILES string of the molecule is O=C(CNC(=O)N1CCCCC1)N1CCC([C@H]2c3ncc(Br)cc3CCc3cc(Cl)cc(Br)c32)CC1. The first-order chi connectivity index (χ1) is 17.4. The number of urea groups is 1. The van der Waals surface area contributed by atoms with E-state index in [1.54, 1.807) is 0 Å². The van der Waals surface area contributed by atoms with Crippen LogP contribution in [0.5, 0.6) is 0 Å². The summed E-state index contributed by atoms with van der Waals surface area (Å²) in [7, 11) is 0. The van der Waals surface area contributed by atoms with Crippen LogP contribution in [0.2, 0.25) is 5.02 Å². The van der Waals surface area contributed by atoms with Crippen molar-refractivity contribution < 1.29 is 9.59 Å². The van der Waals surface area contributed by atoms with Gasteiger partial charge in [0.1, 0.15) is 0 Å². The fourth-order valence-electron chi connectivity index (χ4n) is 5.98. The van der Waals surface area contributed by atoms with Crippen LogP contribution in [-0.4, -0.2) is 59.4 Å². The molecule has 0 spiro atoms. The molecular weight excluding hydrogens is 608 g/mol. The third-order valence-corrected chi connectivity index (χ3v) is 9.12. The molecule has 3 heterocycles. The van der Waals surface area contributed by atoms with Gasteiger partial charge in [-0.25, -0.2) is 4.79 Å². The van der Waals surface area contributed by atoms with Crippen LogP contribution in [0.1, 0.15) is 60.4 Å². The molecule has 0 bridgehead atoms. The highest BCUT2D eigenvalue weighted by Gasteiger charge is 2.36. The van der Waals surface area contributed by atoms with Crippen LogP contribution in [0.25, 0.3) is 0 Å². The highest BCUT2D eigenvalue weighted by molar-refractivity contribution is 9.10. The van der Waals surface area contributed by atoms with Crippen molar-refractivity contribution in [3.05, 3.63) is 60.7 Å². The molecule has 0 unspecified atom stereocenters. The first-order valence-electron chi connectivity index (χ1n) is 12.8. The number of pyridine rings is 1. The Labute approximate surface area is 234 Å². The topological polar surface area (TPSA) is 65.5 Å². The second kappa shape index (κ2) is 11.4. The molecule has 6 nitrogen and oxygen atoms in total. The van der Waals surface area contributed by atoms with Crippen LogP contribution in [0.4, 0.5) is 4.79 Å². The predicted octanol–water partition coefficient (Wildman–Crippen LogP) is 5.92. The smallest absolute Gasteiger partial charge is 0.317 e. The number of nitrogens with one attached hydrogen (secondary N) is 1. The van der Waals surface area contributed by atoms with E-state index in [1.807, 2.05) is 22.1 Å². The molecule has 192 valence electrons. The lowest BCUT2D eigenvalue weighted by Crippen LogP contribution is -2.48. The molecular formula is C27H31Br2ClN4O2. The van der Waals surface area contributed by atoms with E-state index < -0.39 is 0 Å². The zero-order valence-electron chi connectivity index (χ0n) is 20.2. The standard InChI is InChI=1S/C27H31Br2ClN4O2/c28-20-12-19-5-4-18-13-21(30)14-22(29)24(18)25(26(19)31-15-20)17-6-10-33(11-7-17)23(35)16-32-27(36)34-8-2-1-3-9-34/h12-15,17,25H,1-11,16H2,(H,32,36)/t25-/m1/s1. The van der Waals surface area contributed by atoms with Gasteiger partial charge in [-0.15, -0.1) is 0 Å². The Morgan fingerprint density at radius 3 is 2.44 bits per heavy atom. The van der Waals surface area contributed by atoms with E-state index in [1.165, 1.54) is 23.1 Å². The van der Waals surface area contributed by atoms with Crippen molar-refractivity contribution in [2.45, 2.75) is 50.9 Å². The minimum atomic E-state index is -0.120. The van der Waals surface area contributed by atoms with Gasteiger partial charge in [0.2, 0.25) is 5.91 Å². The summed E-state index contributed by atoms with van der Waals surface area (Å²) in [4.78, 5) is 33.9. The molecule has 1 atom stereocenters. The van der Waals surface area contributed by atoms with E-state index in [0.29, 0.717) is 19.0 Å². The predicted molar refractivity (Wildman–Crippen MR) is 148 cm³/mol. The van der Waals surface area contributed by atoms with Crippen molar-refractivity contribution in [2.75, 3.05) is 32.7 Å². The number of carbonyl (C=O) groups is 2. The molecule has 36 heavy (non-hydrogen) atoms. The van der Waals surface area contributed by atoms with Gasteiger partial charge < -0.3 is 15.1 Å². The van der Waals surface area contributed by atoms with Crippen molar-refractivity contribution in [2.24, 2.45) is 5.92 Å². The van der Waals surface area contributed by atoms with Gasteiger partial charge in [0, 0.05) is 52.3 Å². The van der Waals surface area contributed by atoms with E-state index >= 15 is 0 Å². The van der Waals surface area contributed by atoms with Crippen molar-refractivity contribution in [3.63, 3.8) is 0 Å². The van der Waals surface area contributed by atoms with Gasteiger partial charge >= 0.3 is 6.03 Å². The number of aryl methyl sites for hydroxylation is 2. The first kappa shape index (κ1) is 26.0. The number of rotatable bonds is 3. The number of piperidine rings is 2. The summed E-state index contributed by atoms with van der Waals surface area (Å²) in [6.07, 6.45) is 8.77. The van der Waals surface area contributed by atoms with E-state index in [4.69, 9.17) is 16.6 Å². The average molecular weight is 639 g/mol. The fraction of sp³-hybridized carbons (Fsp3) is 0.519. The van der Waals surface area contributed by atoms with Crippen LogP contribution in [0.15, 0.2) is 33.3 Å². The van der Waals surface area contributed by atoms with Crippen molar-refractivity contribution >= 4 is 55.4 Å². The van der Waals surface area contributed by atoms with Gasteiger partial charge in [0.25, 0.3) is 0 Å². The molecule has 1 aromatic heterocycles. The van der Waals surface area contributed by atoms with E-state index in [0.717, 1.165) is 71.3 Å². The summed E-state index contributed by atoms with van der Waals surface area (Å²) in [5.74, 6) is 0.502. The average Bonchev–Trinajstić information content (AvgIpc) is 3.04. The number of hydrogen-bond donors (Lipinski definition) is 1. The molecule has 3 amide bonds. The number of nitrogens with zero attached hydrogens (tertiary/aromatic N) is 3. The second-order valence-electron chi connectivity index (χ2n) is 10.1. The summed E-state index contributed by atoms with van der Waals surface area (Å²) < 4.78 is 2.03. The Morgan fingerprint density at radius 2 is 1.69 bits per heavy atom. The Bertz CT molecular complexity index is 1150. The molecule has 9 heteroatoms. The normalized spacial score (nSPS) is 20.4. The highest BCUT2D eigenvalue weighted by Crippen LogP contribution is 2.46. The van der Waals surface area contributed by atoms with Gasteiger partial charge in [-0.2, -0.15) is 0 Å². The zero-order chi connectivity index (χ0) is 25.2. The summed E-state index contributed by atoms with van der Waals surface area (Å²) in [6, 6.07) is 6.16. The minimum Gasteiger partial charge on any atom is -0.341 e.